The highest BCUT2D eigenvalue weighted by Crippen LogP contribution is 2.19. The molecular weight excluding hydrogens is 364 g/mol. The Kier molecular flexibility index (Phi) is 4.23. The molecule has 2 rings (SSSR count). The van der Waals surface area contributed by atoms with Crippen LogP contribution in [0.2, 0.25) is 0 Å². The van der Waals surface area contributed by atoms with Crippen LogP contribution in [-0.4, -0.2) is 5.91 Å². The van der Waals surface area contributed by atoms with Crippen molar-refractivity contribution in [2.24, 2.45) is 0 Å². The number of nitrogens with one attached hydrogen (secondary N) is 1. The monoisotopic (exact) mass is 373 g/mol. The van der Waals surface area contributed by atoms with E-state index >= 15 is 0 Å². The summed E-state index contributed by atoms with van der Waals surface area (Å²) in [5.41, 5.74) is 1.11. The van der Waals surface area contributed by atoms with Crippen LogP contribution < -0.4 is 5.32 Å². The standard InChI is InChI=1S/C13H9FINOS/c14-9-6-5-8(7-12(9)18)13(17)16-11-4-2-1-3-10(11)15/h1-7,18H,(H,16,17). The smallest absolute Gasteiger partial charge is 0.255 e. The number of carbonyl (C=O) groups excluding carboxylic acids is 1. The summed E-state index contributed by atoms with van der Waals surface area (Å²) >= 11 is 6.09. The number of para-hydroxylation sites is 1. The van der Waals surface area contributed by atoms with Crippen LogP contribution in [0, 0.1) is 9.39 Å². The lowest BCUT2D eigenvalue weighted by atomic mass is 10.2. The number of anilines is 1. The first-order valence-corrected chi connectivity index (χ1v) is 6.65. The van der Waals surface area contributed by atoms with Gasteiger partial charge in [0.1, 0.15) is 5.82 Å². The van der Waals surface area contributed by atoms with E-state index < -0.39 is 5.82 Å². The molecule has 0 saturated carbocycles. The highest BCUT2D eigenvalue weighted by molar-refractivity contribution is 14.1. The number of benzene rings is 2. The van der Waals surface area contributed by atoms with Gasteiger partial charge in [-0.05, 0) is 52.9 Å². The number of hydrogen-bond acceptors (Lipinski definition) is 2. The Bertz CT molecular complexity index is 603. The number of hydrogen-bond donors (Lipinski definition) is 2. The molecule has 2 nitrogen and oxygen atoms in total. The molecule has 5 heteroatoms. The summed E-state index contributed by atoms with van der Waals surface area (Å²) < 4.78 is 14.0. The summed E-state index contributed by atoms with van der Waals surface area (Å²) in [5.74, 6) is -0.724. The van der Waals surface area contributed by atoms with E-state index in [0.29, 0.717) is 5.56 Å². The van der Waals surface area contributed by atoms with Gasteiger partial charge in [-0.2, -0.15) is 0 Å². The lowest BCUT2D eigenvalue weighted by Gasteiger charge is -2.07. The first-order chi connectivity index (χ1) is 8.58. The molecule has 1 N–H and O–H groups in total. The van der Waals surface area contributed by atoms with Gasteiger partial charge in [0.25, 0.3) is 5.91 Å². The number of carbonyl (C=O) groups is 1. The Morgan fingerprint density at radius 3 is 2.61 bits per heavy atom. The van der Waals surface area contributed by atoms with Crippen molar-refractivity contribution in [2.75, 3.05) is 5.32 Å². The van der Waals surface area contributed by atoms with E-state index in [4.69, 9.17) is 0 Å². The maximum atomic E-state index is 13.0. The largest absolute Gasteiger partial charge is 0.321 e. The third-order valence-electron chi connectivity index (χ3n) is 2.33. The molecule has 0 fully saturated rings. The highest BCUT2D eigenvalue weighted by Gasteiger charge is 2.09. The van der Waals surface area contributed by atoms with Gasteiger partial charge in [0.2, 0.25) is 0 Å². The average Bonchev–Trinajstić information content (AvgIpc) is 2.35. The number of amides is 1. The van der Waals surface area contributed by atoms with Crippen molar-refractivity contribution in [3.05, 3.63) is 57.4 Å². The normalized spacial score (nSPS) is 10.2. The van der Waals surface area contributed by atoms with E-state index in [0.717, 1.165) is 9.26 Å². The average molecular weight is 373 g/mol. The molecule has 0 aromatic heterocycles. The number of thiol groups is 1. The van der Waals surface area contributed by atoms with Crippen molar-refractivity contribution < 1.29 is 9.18 Å². The van der Waals surface area contributed by atoms with E-state index in [2.05, 4.69) is 40.5 Å². The van der Waals surface area contributed by atoms with Gasteiger partial charge >= 0.3 is 0 Å². The molecule has 0 radical (unpaired) electrons. The Labute approximate surface area is 123 Å². The number of rotatable bonds is 2. The summed E-state index contributed by atoms with van der Waals surface area (Å²) in [4.78, 5) is 12.1. The van der Waals surface area contributed by atoms with Gasteiger partial charge in [0.15, 0.2) is 0 Å². The van der Waals surface area contributed by atoms with Crippen LogP contribution in [0.1, 0.15) is 10.4 Å². The molecule has 2 aromatic rings. The summed E-state index contributed by atoms with van der Waals surface area (Å²) in [6.45, 7) is 0. The summed E-state index contributed by atoms with van der Waals surface area (Å²) in [6, 6.07) is 11.5. The predicted molar refractivity (Wildman–Crippen MR) is 80.8 cm³/mol. The maximum Gasteiger partial charge on any atom is 0.255 e. The van der Waals surface area contributed by atoms with Crippen LogP contribution in [0.4, 0.5) is 10.1 Å². The van der Waals surface area contributed by atoms with Crippen LogP contribution in [0.5, 0.6) is 0 Å². The minimum atomic E-state index is -0.441. The molecule has 0 atom stereocenters. The molecule has 0 bridgehead atoms. The Hall–Kier alpha value is -1.08. The van der Waals surface area contributed by atoms with Crippen LogP contribution in [0.15, 0.2) is 47.4 Å². The maximum absolute atomic E-state index is 13.0. The molecule has 2 aromatic carbocycles. The quantitative estimate of drug-likeness (QED) is 0.606. The van der Waals surface area contributed by atoms with E-state index in [-0.39, 0.29) is 10.8 Å². The van der Waals surface area contributed by atoms with Crippen molar-refractivity contribution in [3.63, 3.8) is 0 Å². The second-order valence-electron chi connectivity index (χ2n) is 3.60. The summed E-state index contributed by atoms with van der Waals surface area (Å²) in [7, 11) is 0. The van der Waals surface area contributed by atoms with Gasteiger partial charge in [0, 0.05) is 14.0 Å². The first kappa shape index (κ1) is 13.4. The lowest BCUT2D eigenvalue weighted by Crippen LogP contribution is -2.12. The van der Waals surface area contributed by atoms with Gasteiger partial charge in [0.05, 0.1) is 5.69 Å². The Balaban J connectivity index is 2.22. The summed E-state index contributed by atoms with van der Waals surface area (Å²) in [6.07, 6.45) is 0. The first-order valence-electron chi connectivity index (χ1n) is 5.12. The molecule has 1 amide bonds. The molecule has 0 aliphatic rings. The zero-order chi connectivity index (χ0) is 13.1. The molecule has 92 valence electrons. The van der Waals surface area contributed by atoms with Crippen molar-refractivity contribution in [1.82, 2.24) is 0 Å². The zero-order valence-electron chi connectivity index (χ0n) is 9.15. The minimum absolute atomic E-state index is 0.158. The lowest BCUT2D eigenvalue weighted by molar-refractivity contribution is 0.102. The van der Waals surface area contributed by atoms with Gasteiger partial charge in [-0.3, -0.25) is 4.79 Å². The van der Waals surface area contributed by atoms with Gasteiger partial charge in [-0.25, -0.2) is 4.39 Å². The van der Waals surface area contributed by atoms with Crippen molar-refractivity contribution >= 4 is 46.8 Å². The predicted octanol–water partition coefficient (Wildman–Crippen LogP) is 3.97. The van der Waals surface area contributed by atoms with Gasteiger partial charge in [-0.15, -0.1) is 12.6 Å². The molecule has 0 spiro atoms. The fourth-order valence-electron chi connectivity index (χ4n) is 1.41. The van der Waals surface area contributed by atoms with Crippen LogP contribution in [-0.2, 0) is 0 Å². The van der Waals surface area contributed by atoms with E-state index in [1.165, 1.54) is 18.2 Å². The van der Waals surface area contributed by atoms with Crippen molar-refractivity contribution in [3.8, 4) is 0 Å². The topological polar surface area (TPSA) is 29.1 Å². The van der Waals surface area contributed by atoms with E-state index in [9.17, 15) is 9.18 Å². The van der Waals surface area contributed by atoms with E-state index in [1.54, 1.807) is 0 Å². The SMILES string of the molecule is O=C(Nc1ccccc1I)c1ccc(F)c(S)c1. The van der Waals surface area contributed by atoms with Gasteiger partial charge < -0.3 is 5.32 Å². The second kappa shape index (κ2) is 5.71. The molecule has 0 heterocycles. The molecule has 0 saturated heterocycles. The van der Waals surface area contributed by atoms with Crippen LogP contribution in [0.25, 0.3) is 0 Å². The van der Waals surface area contributed by atoms with Crippen LogP contribution >= 0.6 is 35.2 Å². The Morgan fingerprint density at radius 2 is 1.94 bits per heavy atom. The minimum Gasteiger partial charge on any atom is -0.321 e. The number of halogens is 2. The highest BCUT2D eigenvalue weighted by atomic mass is 127. The van der Waals surface area contributed by atoms with Crippen molar-refractivity contribution in [2.45, 2.75) is 4.90 Å². The van der Waals surface area contributed by atoms with Crippen molar-refractivity contribution in [1.29, 1.82) is 0 Å². The second-order valence-corrected chi connectivity index (χ2v) is 5.24. The van der Waals surface area contributed by atoms with E-state index in [1.807, 2.05) is 24.3 Å². The summed E-state index contributed by atoms with van der Waals surface area (Å²) in [5, 5.41) is 2.77. The third kappa shape index (κ3) is 3.02. The Morgan fingerprint density at radius 1 is 1.22 bits per heavy atom. The molecule has 0 unspecified atom stereocenters. The fraction of sp³-hybridized carbons (Fsp3) is 0. The molecule has 0 aliphatic carbocycles. The zero-order valence-corrected chi connectivity index (χ0v) is 12.2. The molecule has 0 aliphatic heterocycles. The third-order valence-corrected chi connectivity index (χ3v) is 3.61. The molecule has 18 heavy (non-hydrogen) atoms. The fourth-order valence-corrected chi connectivity index (χ4v) is 2.15. The van der Waals surface area contributed by atoms with Crippen LogP contribution in [0.3, 0.4) is 0 Å². The molecular formula is C13H9FINOS. The van der Waals surface area contributed by atoms with Gasteiger partial charge in [-0.1, -0.05) is 12.1 Å².